The summed E-state index contributed by atoms with van der Waals surface area (Å²) in [6, 6.07) is 1.16. The normalized spacial score (nSPS) is 17.6. The fourth-order valence-corrected chi connectivity index (χ4v) is 2.57. The molecule has 4 nitrogen and oxygen atoms in total. The van der Waals surface area contributed by atoms with Crippen LogP contribution in [-0.4, -0.2) is 43.1 Å². The largest absolute Gasteiger partial charge is 0.370 e. The zero-order chi connectivity index (χ0) is 13.4. The van der Waals surface area contributed by atoms with Gasteiger partial charge in [0.1, 0.15) is 0 Å². The molecule has 0 aromatic rings. The number of nitrogens with two attached hydrogens (primary N) is 1. The summed E-state index contributed by atoms with van der Waals surface area (Å²) in [7, 11) is 2.25. The standard InChI is InChI=1S/C14H30N4.HI/c1-12(2)17-14(15)16-10-7-11-18(3)13-8-5-4-6-9-13;/h12-13H,4-11H2,1-3H3,(H3,15,16,17);1H. The number of guanidine groups is 1. The topological polar surface area (TPSA) is 53.6 Å². The molecule has 1 aliphatic rings. The van der Waals surface area contributed by atoms with Gasteiger partial charge in [-0.15, -0.1) is 24.0 Å². The minimum Gasteiger partial charge on any atom is -0.370 e. The van der Waals surface area contributed by atoms with Crippen LogP contribution in [0.1, 0.15) is 52.4 Å². The molecule has 3 N–H and O–H groups in total. The fraction of sp³-hybridized carbons (Fsp3) is 0.929. The highest BCUT2D eigenvalue weighted by Crippen LogP contribution is 2.21. The summed E-state index contributed by atoms with van der Waals surface area (Å²) >= 11 is 0. The molecule has 0 bridgehead atoms. The highest BCUT2D eigenvalue weighted by molar-refractivity contribution is 14.0. The van der Waals surface area contributed by atoms with Crippen LogP contribution in [0.25, 0.3) is 0 Å². The number of nitrogens with one attached hydrogen (secondary N) is 1. The van der Waals surface area contributed by atoms with Crippen molar-refractivity contribution < 1.29 is 0 Å². The van der Waals surface area contributed by atoms with Crippen LogP contribution in [0, 0.1) is 0 Å². The first kappa shape index (κ1) is 19.0. The molecule has 1 aliphatic carbocycles. The van der Waals surface area contributed by atoms with Crippen molar-refractivity contribution in [2.75, 3.05) is 20.1 Å². The van der Waals surface area contributed by atoms with Gasteiger partial charge in [0.25, 0.3) is 0 Å². The highest BCUT2D eigenvalue weighted by atomic mass is 127. The van der Waals surface area contributed by atoms with E-state index in [1.54, 1.807) is 0 Å². The summed E-state index contributed by atoms with van der Waals surface area (Å²) in [4.78, 5) is 6.84. The van der Waals surface area contributed by atoms with Crippen LogP contribution in [0.2, 0.25) is 0 Å². The Morgan fingerprint density at radius 1 is 1.32 bits per heavy atom. The van der Waals surface area contributed by atoms with E-state index in [2.05, 4.69) is 36.1 Å². The Labute approximate surface area is 135 Å². The Bertz CT molecular complexity index is 250. The lowest BCUT2D eigenvalue weighted by Crippen LogP contribution is -2.37. The van der Waals surface area contributed by atoms with E-state index in [1.807, 2.05) is 0 Å². The third-order valence-corrected chi connectivity index (χ3v) is 3.59. The van der Waals surface area contributed by atoms with Gasteiger partial charge in [0.2, 0.25) is 0 Å². The predicted octanol–water partition coefficient (Wildman–Crippen LogP) is 2.57. The smallest absolute Gasteiger partial charge is 0.188 e. The minimum absolute atomic E-state index is 0. The van der Waals surface area contributed by atoms with Gasteiger partial charge in [-0.3, -0.25) is 4.99 Å². The maximum absolute atomic E-state index is 5.76. The molecule has 0 radical (unpaired) electrons. The molecule has 5 heteroatoms. The molecule has 0 atom stereocenters. The van der Waals surface area contributed by atoms with Crippen molar-refractivity contribution in [1.29, 1.82) is 0 Å². The van der Waals surface area contributed by atoms with Gasteiger partial charge in [-0.2, -0.15) is 0 Å². The van der Waals surface area contributed by atoms with Crippen LogP contribution in [0.3, 0.4) is 0 Å². The molecule has 19 heavy (non-hydrogen) atoms. The van der Waals surface area contributed by atoms with Crippen LogP contribution in [0.5, 0.6) is 0 Å². The van der Waals surface area contributed by atoms with Gasteiger partial charge in [-0.05, 0) is 46.7 Å². The van der Waals surface area contributed by atoms with Crippen molar-refractivity contribution in [2.45, 2.75) is 64.5 Å². The zero-order valence-electron chi connectivity index (χ0n) is 12.7. The Morgan fingerprint density at radius 3 is 2.53 bits per heavy atom. The van der Waals surface area contributed by atoms with E-state index in [1.165, 1.54) is 32.1 Å². The molecular weight excluding hydrogens is 351 g/mol. The molecule has 0 heterocycles. The Morgan fingerprint density at radius 2 is 1.95 bits per heavy atom. The summed E-state index contributed by atoms with van der Waals surface area (Å²) in [5.74, 6) is 0.574. The van der Waals surface area contributed by atoms with Crippen LogP contribution < -0.4 is 11.1 Å². The van der Waals surface area contributed by atoms with Crippen molar-refractivity contribution >= 4 is 29.9 Å². The first-order chi connectivity index (χ1) is 8.59. The summed E-state index contributed by atoms with van der Waals surface area (Å²) in [5, 5.41) is 3.11. The van der Waals surface area contributed by atoms with E-state index in [0.717, 1.165) is 25.6 Å². The average molecular weight is 382 g/mol. The van der Waals surface area contributed by atoms with Gasteiger partial charge in [0.15, 0.2) is 5.96 Å². The third kappa shape index (κ3) is 8.68. The zero-order valence-corrected chi connectivity index (χ0v) is 15.0. The summed E-state index contributed by atoms with van der Waals surface area (Å²) in [6.45, 7) is 6.09. The van der Waals surface area contributed by atoms with Crippen LogP contribution in [0.15, 0.2) is 4.99 Å². The molecule has 1 rings (SSSR count). The SMILES string of the molecule is CC(C)NC(N)=NCCCN(C)C1CCCCC1.I. The summed E-state index contributed by atoms with van der Waals surface area (Å²) in [6.07, 6.45) is 8.06. The van der Waals surface area contributed by atoms with E-state index in [4.69, 9.17) is 5.73 Å². The monoisotopic (exact) mass is 382 g/mol. The molecule has 1 saturated carbocycles. The van der Waals surface area contributed by atoms with Gasteiger partial charge < -0.3 is 16.0 Å². The molecule has 0 amide bonds. The van der Waals surface area contributed by atoms with E-state index in [0.29, 0.717) is 12.0 Å². The lowest BCUT2D eigenvalue weighted by molar-refractivity contribution is 0.191. The fourth-order valence-electron chi connectivity index (χ4n) is 2.57. The number of halogens is 1. The van der Waals surface area contributed by atoms with Gasteiger partial charge >= 0.3 is 0 Å². The maximum Gasteiger partial charge on any atom is 0.188 e. The van der Waals surface area contributed by atoms with Gasteiger partial charge in [0.05, 0.1) is 0 Å². The number of aliphatic imine (C=N–C) groups is 1. The Kier molecular flexibility index (Phi) is 10.7. The van der Waals surface area contributed by atoms with Crippen molar-refractivity contribution in [3.63, 3.8) is 0 Å². The van der Waals surface area contributed by atoms with Crippen LogP contribution >= 0.6 is 24.0 Å². The van der Waals surface area contributed by atoms with Gasteiger partial charge in [0, 0.05) is 18.6 Å². The summed E-state index contributed by atoms with van der Waals surface area (Å²) < 4.78 is 0. The van der Waals surface area contributed by atoms with E-state index >= 15 is 0 Å². The van der Waals surface area contributed by atoms with Crippen LogP contribution in [-0.2, 0) is 0 Å². The molecule has 0 saturated heterocycles. The van der Waals surface area contributed by atoms with Crippen molar-refractivity contribution in [3.05, 3.63) is 0 Å². The molecule has 0 aromatic carbocycles. The average Bonchev–Trinajstić information content (AvgIpc) is 2.34. The number of nitrogens with zero attached hydrogens (tertiary/aromatic N) is 2. The molecule has 0 spiro atoms. The second-order valence-electron chi connectivity index (χ2n) is 5.69. The van der Waals surface area contributed by atoms with Crippen molar-refractivity contribution in [2.24, 2.45) is 10.7 Å². The first-order valence-corrected chi connectivity index (χ1v) is 7.36. The summed E-state index contributed by atoms with van der Waals surface area (Å²) in [5.41, 5.74) is 5.76. The van der Waals surface area contributed by atoms with E-state index < -0.39 is 0 Å². The van der Waals surface area contributed by atoms with Crippen molar-refractivity contribution in [1.82, 2.24) is 10.2 Å². The minimum atomic E-state index is 0. The molecule has 0 aromatic heterocycles. The first-order valence-electron chi connectivity index (χ1n) is 7.36. The second kappa shape index (κ2) is 10.7. The lowest BCUT2D eigenvalue weighted by Gasteiger charge is -2.31. The van der Waals surface area contributed by atoms with Crippen molar-refractivity contribution in [3.8, 4) is 0 Å². The number of rotatable bonds is 6. The van der Waals surface area contributed by atoms with Gasteiger partial charge in [-0.25, -0.2) is 0 Å². The lowest BCUT2D eigenvalue weighted by atomic mass is 9.94. The van der Waals surface area contributed by atoms with E-state index in [9.17, 15) is 0 Å². The van der Waals surface area contributed by atoms with Gasteiger partial charge in [-0.1, -0.05) is 19.3 Å². The second-order valence-corrected chi connectivity index (χ2v) is 5.69. The Hall–Kier alpha value is -0.0400. The molecule has 0 unspecified atom stereocenters. The Balaban J connectivity index is 0.00000324. The molecule has 1 fully saturated rings. The molecular formula is C14H31IN4. The predicted molar refractivity (Wildman–Crippen MR) is 94.3 cm³/mol. The highest BCUT2D eigenvalue weighted by Gasteiger charge is 2.16. The molecule has 114 valence electrons. The third-order valence-electron chi connectivity index (χ3n) is 3.59. The maximum atomic E-state index is 5.76. The molecule has 0 aliphatic heterocycles. The van der Waals surface area contributed by atoms with E-state index in [-0.39, 0.29) is 24.0 Å². The number of hydrogen-bond donors (Lipinski definition) is 2. The number of hydrogen-bond acceptors (Lipinski definition) is 2. The van der Waals surface area contributed by atoms with Crippen LogP contribution in [0.4, 0.5) is 0 Å². The quantitative estimate of drug-likeness (QED) is 0.321.